The molecule has 5 nitrogen and oxygen atoms in total. The van der Waals surface area contributed by atoms with Gasteiger partial charge in [0, 0.05) is 24.4 Å². The lowest BCUT2D eigenvalue weighted by Gasteiger charge is -2.28. The standard InChI is InChI=1S/C29H25N3O2S/c1-29(22-9-3-2-4-10-22,19-26-31-24-11-5-6-12-25(24)35-26)28(34)30-23-16-14-21(15-17-23)20-32-18-8-7-13-27(32)33/h2-18H,19-20H2,1H3,(H,30,34). The van der Waals surface area contributed by atoms with Gasteiger partial charge in [-0.25, -0.2) is 4.98 Å². The first-order valence-corrected chi connectivity index (χ1v) is 12.3. The first-order valence-electron chi connectivity index (χ1n) is 11.5. The summed E-state index contributed by atoms with van der Waals surface area (Å²) in [4.78, 5) is 30.5. The van der Waals surface area contributed by atoms with Gasteiger partial charge < -0.3 is 9.88 Å². The van der Waals surface area contributed by atoms with E-state index in [1.165, 1.54) is 0 Å². The minimum Gasteiger partial charge on any atom is -0.325 e. The molecule has 0 spiro atoms. The lowest BCUT2D eigenvalue weighted by Crippen LogP contribution is -2.39. The third-order valence-corrected chi connectivity index (χ3v) is 7.26. The topological polar surface area (TPSA) is 64.0 Å². The number of nitrogens with zero attached hydrogens (tertiary/aromatic N) is 2. The van der Waals surface area contributed by atoms with Crippen LogP contribution < -0.4 is 10.9 Å². The monoisotopic (exact) mass is 479 g/mol. The molecule has 35 heavy (non-hydrogen) atoms. The predicted octanol–water partition coefficient (Wildman–Crippen LogP) is 5.65. The molecule has 5 rings (SSSR count). The zero-order valence-electron chi connectivity index (χ0n) is 19.3. The fourth-order valence-corrected chi connectivity index (χ4v) is 5.29. The van der Waals surface area contributed by atoms with Gasteiger partial charge in [0.15, 0.2) is 0 Å². The van der Waals surface area contributed by atoms with Gasteiger partial charge in [-0.2, -0.15) is 0 Å². The average molecular weight is 480 g/mol. The lowest BCUT2D eigenvalue weighted by molar-refractivity contribution is -0.121. The van der Waals surface area contributed by atoms with Crippen molar-refractivity contribution < 1.29 is 4.79 Å². The molecule has 2 aromatic heterocycles. The molecular formula is C29H25N3O2S. The van der Waals surface area contributed by atoms with Gasteiger partial charge in [-0.15, -0.1) is 11.3 Å². The number of para-hydroxylation sites is 1. The number of carbonyl (C=O) groups excluding carboxylic acids is 1. The van der Waals surface area contributed by atoms with Crippen LogP contribution in [0.15, 0.2) is 108 Å². The molecular weight excluding hydrogens is 454 g/mol. The summed E-state index contributed by atoms with van der Waals surface area (Å²) >= 11 is 1.63. The van der Waals surface area contributed by atoms with Crippen molar-refractivity contribution in [1.82, 2.24) is 9.55 Å². The maximum atomic E-state index is 13.7. The maximum absolute atomic E-state index is 13.7. The highest BCUT2D eigenvalue weighted by Gasteiger charge is 2.36. The van der Waals surface area contributed by atoms with Crippen LogP contribution in [0.5, 0.6) is 0 Å². The van der Waals surface area contributed by atoms with E-state index in [-0.39, 0.29) is 11.5 Å². The molecule has 0 aliphatic rings. The minimum absolute atomic E-state index is 0.0432. The van der Waals surface area contributed by atoms with Crippen molar-refractivity contribution in [2.24, 2.45) is 0 Å². The van der Waals surface area contributed by atoms with Gasteiger partial charge in [0.25, 0.3) is 5.56 Å². The number of benzene rings is 3. The Labute approximate surface area is 207 Å². The van der Waals surface area contributed by atoms with E-state index in [9.17, 15) is 9.59 Å². The van der Waals surface area contributed by atoms with E-state index in [1.807, 2.05) is 85.8 Å². The number of rotatable bonds is 7. The molecule has 0 bridgehead atoms. The largest absolute Gasteiger partial charge is 0.325 e. The Balaban J connectivity index is 1.38. The molecule has 0 saturated heterocycles. The molecule has 0 saturated carbocycles. The predicted molar refractivity (Wildman–Crippen MR) is 142 cm³/mol. The van der Waals surface area contributed by atoms with E-state index in [0.717, 1.165) is 26.4 Å². The molecule has 0 aliphatic heterocycles. The van der Waals surface area contributed by atoms with Gasteiger partial charge in [-0.1, -0.05) is 60.7 Å². The molecule has 0 radical (unpaired) electrons. The van der Waals surface area contributed by atoms with Gasteiger partial charge in [-0.3, -0.25) is 9.59 Å². The van der Waals surface area contributed by atoms with E-state index in [1.54, 1.807) is 34.2 Å². The van der Waals surface area contributed by atoms with Gasteiger partial charge in [0.2, 0.25) is 5.91 Å². The van der Waals surface area contributed by atoms with Gasteiger partial charge in [0.1, 0.15) is 0 Å². The third-order valence-electron chi connectivity index (χ3n) is 6.22. The molecule has 1 N–H and O–H groups in total. The number of hydrogen-bond donors (Lipinski definition) is 1. The molecule has 3 aromatic carbocycles. The Morgan fingerprint density at radius 1 is 0.914 bits per heavy atom. The molecule has 174 valence electrons. The van der Waals surface area contributed by atoms with Crippen molar-refractivity contribution in [2.75, 3.05) is 5.32 Å². The van der Waals surface area contributed by atoms with Crippen LogP contribution in [0.2, 0.25) is 0 Å². The van der Waals surface area contributed by atoms with E-state index in [2.05, 4.69) is 11.4 Å². The zero-order chi connectivity index (χ0) is 24.3. The summed E-state index contributed by atoms with van der Waals surface area (Å²) in [6, 6.07) is 30.6. The smallest absolute Gasteiger partial charge is 0.250 e. The zero-order valence-corrected chi connectivity index (χ0v) is 20.2. The number of anilines is 1. The second kappa shape index (κ2) is 9.68. The molecule has 1 amide bonds. The summed E-state index contributed by atoms with van der Waals surface area (Å²) < 4.78 is 2.77. The fourth-order valence-electron chi connectivity index (χ4n) is 4.17. The van der Waals surface area contributed by atoms with Gasteiger partial charge in [-0.05, 0) is 48.4 Å². The van der Waals surface area contributed by atoms with Crippen LogP contribution in [0.25, 0.3) is 10.2 Å². The number of aromatic nitrogens is 2. The van der Waals surface area contributed by atoms with Crippen LogP contribution in [0, 0.1) is 0 Å². The highest BCUT2D eigenvalue weighted by atomic mass is 32.1. The van der Waals surface area contributed by atoms with E-state index >= 15 is 0 Å². The van der Waals surface area contributed by atoms with Crippen molar-refractivity contribution in [1.29, 1.82) is 0 Å². The van der Waals surface area contributed by atoms with Crippen LogP contribution in [0.1, 0.15) is 23.1 Å². The van der Waals surface area contributed by atoms with Crippen LogP contribution in [0.4, 0.5) is 5.69 Å². The second-order valence-electron chi connectivity index (χ2n) is 8.77. The first-order chi connectivity index (χ1) is 17.0. The molecule has 6 heteroatoms. The molecule has 0 fully saturated rings. The normalized spacial score (nSPS) is 12.8. The SMILES string of the molecule is CC(Cc1nc2ccccc2s1)(C(=O)Nc1ccc(Cn2ccccc2=O)cc1)c1ccccc1. The minimum atomic E-state index is -0.800. The average Bonchev–Trinajstić information content (AvgIpc) is 3.29. The van der Waals surface area contributed by atoms with Crippen molar-refractivity contribution >= 4 is 33.1 Å². The van der Waals surface area contributed by atoms with Crippen LogP contribution in [-0.2, 0) is 23.2 Å². The third kappa shape index (κ3) is 4.93. The highest BCUT2D eigenvalue weighted by molar-refractivity contribution is 7.18. The molecule has 0 aliphatic carbocycles. The molecule has 2 heterocycles. The maximum Gasteiger partial charge on any atom is 0.250 e. The quantitative estimate of drug-likeness (QED) is 0.328. The Morgan fingerprint density at radius 3 is 2.37 bits per heavy atom. The highest BCUT2D eigenvalue weighted by Crippen LogP contribution is 2.33. The lowest BCUT2D eigenvalue weighted by atomic mass is 9.78. The van der Waals surface area contributed by atoms with Gasteiger partial charge in [0.05, 0.1) is 27.2 Å². The summed E-state index contributed by atoms with van der Waals surface area (Å²) in [6.45, 7) is 2.45. The Kier molecular flexibility index (Phi) is 6.29. The summed E-state index contributed by atoms with van der Waals surface area (Å²) in [5.41, 5.74) is 2.75. The summed E-state index contributed by atoms with van der Waals surface area (Å²) in [7, 11) is 0. The summed E-state index contributed by atoms with van der Waals surface area (Å²) in [5.74, 6) is -0.0880. The fraction of sp³-hybridized carbons (Fsp3) is 0.138. The summed E-state index contributed by atoms with van der Waals surface area (Å²) in [6.07, 6.45) is 2.27. The number of carbonyl (C=O) groups is 1. The summed E-state index contributed by atoms with van der Waals surface area (Å²) in [5, 5.41) is 4.03. The van der Waals surface area contributed by atoms with Crippen LogP contribution in [0.3, 0.4) is 0 Å². The van der Waals surface area contributed by atoms with Crippen LogP contribution >= 0.6 is 11.3 Å². The number of fused-ring (bicyclic) bond motifs is 1. The van der Waals surface area contributed by atoms with Crippen molar-refractivity contribution in [2.45, 2.75) is 25.3 Å². The van der Waals surface area contributed by atoms with Crippen LogP contribution in [-0.4, -0.2) is 15.5 Å². The Morgan fingerprint density at radius 2 is 1.63 bits per heavy atom. The van der Waals surface area contributed by atoms with E-state index in [0.29, 0.717) is 18.7 Å². The number of hydrogen-bond acceptors (Lipinski definition) is 4. The van der Waals surface area contributed by atoms with Crippen molar-refractivity contribution in [3.05, 3.63) is 130 Å². The first kappa shape index (κ1) is 22.7. The number of amides is 1. The van der Waals surface area contributed by atoms with Crippen molar-refractivity contribution in [3.8, 4) is 0 Å². The van der Waals surface area contributed by atoms with E-state index in [4.69, 9.17) is 4.98 Å². The Bertz CT molecular complexity index is 1490. The molecule has 1 unspecified atom stereocenters. The number of thiazole rings is 1. The Hall–Kier alpha value is -4.03. The number of pyridine rings is 1. The van der Waals surface area contributed by atoms with Gasteiger partial charge >= 0.3 is 0 Å². The second-order valence-corrected chi connectivity index (χ2v) is 9.88. The van der Waals surface area contributed by atoms with E-state index < -0.39 is 5.41 Å². The molecule has 5 aromatic rings. The van der Waals surface area contributed by atoms with Crippen molar-refractivity contribution in [3.63, 3.8) is 0 Å². The number of nitrogens with one attached hydrogen (secondary N) is 1. The molecule has 1 atom stereocenters.